The fourth-order valence-electron chi connectivity index (χ4n) is 2.52. The largest absolute Gasteiger partial charge is 0.494 e. The maximum atomic E-state index is 13.7. The Hall–Kier alpha value is -2.62. The van der Waals surface area contributed by atoms with Crippen LogP contribution in [0.4, 0.5) is 4.39 Å². The molecule has 0 N–H and O–H groups in total. The highest BCUT2D eigenvalue weighted by atomic mass is 19.1. The molecule has 0 fully saturated rings. The SMILES string of the molecule is COc1ccc(Cn2ccc3cccc(C=O)c32)cc1F. The standard InChI is InChI=1S/C17H14FNO2/c1-21-16-6-5-12(9-15(16)18)10-19-8-7-13-3-2-4-14(11-20)17(13)19/h2-9,11H,10H2,1H3. The van der Waals surface area contributed by atoms with Crippen LogP contribution in [0, 0.1) is 5.82 Å². The molecule has 0 bridgehead atoms. The minimum atomic E-state index is -0.387. The number of aromatic nitrogens is 1. The molecule has 0 aliphatic rings. The molecular formula is C17H14FNO2. The van der Waals surface area contributed by atoms with Gasteiger partial charge in [-0.2, -0.15) is 0 Å². The van der Waals surface area contributed by atoms with Crippen LogP contribution in [0.1, 0.15) is 15.9 Å². The Morgan fingerprint density at radius 1 is 1.24 bits per heavy atom. The average molecular weight is 283 g/mol. The molecule has 3 aromatic rings. The van der Waals surface area contributed by atoms with Gasteiger partial charge in [-0.15, -0.1) is 0 Å². The first-order chi connectivity index (χ1) is 10.2. The number of halogens is 1. The predicted molar refractivity (Wildman–Crippen MR) is 79.4 cm³/mol. The van der Waals surface area contributed by atoms with Crippen LogP contribution in [0.15, 0.2) is 48.7 Å². The van der Waals surface area contributed by atoms with Gasteiger partial charge in [0.25, 0.3) is 0 Å². The van der Waals surface area contributed by atoms with Gasteiger partial charge in [-0.3, -0.25) is 4.79 Å². The van der Waals surface area contributed by atoms with Gasteiger partial charge in [-0.25, -0.2) is 4.39 Å². The Balaban J connectivity index is 2.02. The molecule has 0 saturated carbocycles. The van der Waals surface area contributed by atoms with Crippen molar-refractivity contribution in [3.05, 3.63) is 65.6 Å². The van der Waals surface area contributed by atoms with E-state index < -0.39 is 0 Å². The number of carbonyl (C=O) groups is 1. The maximum absolute atomic E-state index is 13.7. The van der Waals surface area contributed by atoms with Gasteiger partial charge in [0.05, 0.1) is 12.6 Å². The van der Waals surface area contributed by atoms with Gasteiger partial charge in [0.15, 0.2) is 17.9 Å². The fourth-order valence-corrected chi connectivity index (χ4v) is 2.52. The molecule has 1 aromatic heterocycles. The molecule has 106 valence electrons. The summed E-state index contributed by atoms with van der Waals surface area (Å²) in [6.07, 6.45) is 2.74. The zero-order chi connectivity index (χ0) is 14.8. The number of hydrogen-bond acceptors (Lipinski definition) is 2. The summed E-state index contributed by atoms with van der Waals surface area (Å²) in [5, 5.41) is 0.994. The van der Waals surface area contributed by atoms with E-state index in [0.717, 1.165) is 22.8 Å². The molecule has 0 aliphatic carbocycles. The van der Waals surface area contributed by atoms with E-state index in [2.05, 4.69) is 0 Å². The van der Waals surface area contributed by atoms with Crippen molar-refractivity contribution in [2.75, 3.05) is 7.11 Å². The maximum Gasteiger partial charge on any atom is 0.165 e. The van der Waals surface area contributed by atoms with Crippen LogP contribution in [0.5, 0.6) is 5.75 Å². The summed E-state index contributed by atoms with van der Waals surface area (Å²) in [5.74, 6) is -0.160. The molecule has 3 rings (SSSR count). The van der Waals surface area contributed by atoms with Crippen LogP contribution < -0.4 is 4.74 Å². The number of carbonyl (C=O) groups excluding carboxylic acids is 1. The predicted octanol–water partition coefficient (Wildman–Crippen LogP) is 3.65. The van der Waals surface area contributed by atoms with Crippen molar-refractivity contribution >= 4 is 17.2 Å². The lowest BCUT2D eigenvalue weighted by atomic mass is 10.1. The average Bonchev–Trinajstić information content (AvgIpc) is 2.91. The van der Waals surface area contributed by atoms with E-state index in [4.69, 9.17) is 4.74 Å². The van der Waals surface area contributed by atoms with E-state index in [-0.39, 0.29) is 11.6 Å². The van der Waals surface area contributed by atoms with Crippen molar-refractivity contribution < 1.29 is 13.9 Å². The Morgan fingerprint density at radius 3 is 2.81 bits per heavy atom. The molecule has 21 heavy (non-hydrogen) atoms. The molecule has 2 aromatic carbocycles. The second-order valence-electron chi connectivity index (χ2n) is 4.82. The van der Waals surface area contributed by atoms with E-state index in [9.17, 15) is 9.18 Å². The number of hydrogen-bond donors (Lipinski definition) is 0. The van der Waals surface area contributed by atoms with Crippen LogP contribution in [0.2, 0.25) is 0 Å². The van der Waals surface area contributed by atoms with Crippen molar-refractivity contribution in [2.24, 2.45) is 0 Å². The van der Waals surface area contributed by atoms with Crippen LogP contribution in [-0.4, -0.2) is 18.0 Å². The van der Waals surface area contributed by atoms with E-state index in [1.165, 1.54) is 13.2 Å². The van der Waals surface area contributed by atoms with E-state index in [1.807, 2.05) is 35.0 Å². The van der Waals surface area contributed by atoms with E-state index in [0.29, 0.717) is 12.1 Å². The normalized spacial score (nSPS) is 10.8. The highest BCUT2D eigenvalue weighted by molar-refractivity contribution is 5.96. The number of rotatable bonds is 4. The third-order valence-electron chi connectivity index (χ3n) is 3.52. The number of para-hydroxylation sites is 1. The number of ether oxygens (including phenoxy) is 1. The van der Waals surface area contributed by atoms with Gasteiger partial charge in [0, 0.05) is 23.7 Å². The van der Waals surface area contributed by atoms with Gasteiger partial charge in [-0.05, 0) is 29.8 Å². The molecule has 0 saturated heterocycles. The van der Waals surface area contributed by atoms with Crippen molar-refractivity contribution in [2.45, 2.75) is 6.54 Å². The summed E-state index contributed by atoms with van der Waals surface area (Å²) in [7, 11) is 1.44. The summed E-state index contributed by atoms with van der Waals surface area (Å²) >= 11 is 0. The third kappa shape index (κ3) is 2.40. The minimum Gasteiger partial charge on any atom is -0.494 e. The van der Waals surface area contributed by atoms with Crippen LogP contribution in [-0.2, 0) is 6.54 Å². The summed E-state index contributed by atoms with van der Waals surface area (Å²) in [6.45, 7) is 0.495. The van der Waals surface area contributed by atoms with Gasteiger partial charge in [-0.1, -0.05) is 18.2 Å². The Morgan fingerprint density at radius 2 is 2.10 bits per heavy atom. The molecule has 0 aliphatic heterocycles. The van der Waals surface area contributed by atoms with Crippen molar-refractivity contribution in [3.63, 3.8) is 0 Å². The number of benzene rings is 2. The second kappa shape index (κ2) is 5.40. The van der Waals surface area contributed by atoms with Gasteiger partial charge in [0.2, 0.25) is 0 Å². The molecule has 0 amide bonds. The Kier molecular flexibility index (Phi) is 3.44. The minimum absolute atomic E-state index is 0.227. The molecule has 3 nitrogen and oxygen atoms in total. The van der Waals surface area contributed by atoms with E-state index in [1.54, 1.807) is 12.1 Å². The van der Waals surface area contributed by atoms with Gasteiger partial charge < -0.3 is 9.30 Å². The summed E-state index contributed by atoms with van der Waals surface area (Å²) in [4.78, 5) is 11.2. The van der Waals surface area contributed by atoms with Gasteiger partial charge >= 0.3 is 0 Å². The topological polar surface area (TPSA) is 31.2 Å². The first-order valence-electron chi connectivity index (χ1n) is 6.58. The lowest BCUT2D eigenvalue weighted by Crippen LogP contribution is -2.01. The summed E-state index contributed by atoms with van der Waals surface area (Å²) in [6, 6.07) is 12.4. The molecule has 0 radical (unpaired) electrons. The molecule has 1 heterocycles. The zero-order valence-corrected chi connectivity index (χ0v) is 11.5. The Bertz CT molecular complexity index is 808. The zero-order valence-electron chi connectivity index (χ0n) is 11.5. The summed E-state index contributed by atoms with van der Waals surface area (Å²) < 4.78 is 20.6. The van der Waals surface area contributed by atoms with Crippen molar-refractivity contribution in [3.8, 4) is 5.75 Å². The number of nitrogens with zero attached hydrogens (tertiary/aromatic N) is 1. The number of methoxy groups -OCH3 is 1. The fraction of sp³-hybridized carbons (Fsp3) is 0.118. The first-order valence-corrected chi connectivity index (χ1v) is 6.58. The molecule has 0 spiro atoms. The number of fused-ring (bicyclic) bond motifs is 1. The Labute approximate surface area is 121 Å². The first kappa shape index (κ1) is 13.4. The van der Waals surface area contributed by atoms with Crippen LogP contribution in [0.25, 0.3) is 10.9 Å². The van der Waals surface area contributed by atoms with Crippen molar-refractivity contribution in [1.82, 2.24) is 4.57 Å². The quantitative estimate of drug-likeness (QED) is 0.684. The lowest BCUT2D eigenvalue weighted by Gasteiger charge is -2.09. The highest BCUT2D eigenvalue weighted by Gasteiger charge is 2.08. The van der Waals surface area contributed by atoms with E-state index >= 15 is 0 Å². The molecular weight excluding hydrogens is 269 g/mol. The van der Waals surface area contributed by atoms with Crippen LogP contribution >= 0.6 is 0 Å². The number of aldehydes is 1. The highest BCUT2D eigenvalue weighted by Crippen LogP contribution is 2.22. The van der Waals surface area contributed by atoms with Crippen molar-refractivity contribution in [1.29, 1.82) is 0 Å². The molecule has 0 unspecified atom stereocenters. The third-order valence-corrected chi connectivity index (χ3v) is 3.52. The van der Waals surface area contributed by atoms with Crippen LogP contribution in [0.3, 0.4) is 0 Å². The molecule has 4 heteroatoms. The summed E-state index contributed by atoms with van der Waals surface area (Å²) in [5.41, 5.74) is 2.31. The second-order valence-corrected chi connectivity index (χ2v) is 4.82. The monoisotopic (exact) mass is 283 g/mol. The molecule has 0 atom stereocenters. The lowest BCUT2D eigenvalue weighted by molar-refractivity contribution is 0.112. The smallest absolute Gasteiger partial charge is 0.165 e. The van der Waals surface area contributed by atoms with Gasteiger partial charge in [0.1, 0.15) is 0 Å².